The summed E-state index contributed by atoms with van der Waals surface area (Å²) in [5.41, 5.74) is 0.383. The standard InChI is InChI=1S/C13H17NO4/c1-9(2)14-13(16)8-18-12-6-11(17-3)5-4-10(12)7-15/h4-7,9H,8H2,1-3H3,(H,14,16). The fourth-order valence-electron chi connectivity index (χ4n) is 1.37. The Morgan fingerprint density at radius 3 is 2.72 bits per heavy atom. The normalized spacial score (nSPS) is 10.0. The number of ether oxygens (including phenoxy) is 2. The van der Waals surface area contributed by atoms with Crippen molar-refractivity contribution in [1.82, 2.24) is 5.32 Å². The third-order valence-electron chi connectivity index (χ3n) is 2.16. The van der Waals surface area contributed by atoms with Crippen molar-refractivity contribution in [2.75, 3.05) is 13.7 Å². The van der Waals surface area contributed by atoms with Crippen LogP contribution in [0.5, 0.6) is 11.5 Å². The molecule has 1 aromatic rings. The summed E-state index contributed by atoms with van der Waals surface area (Å²) in [5, 5.41) is 2.70. The Hall–Kier alpha value is -2.04. The first-order chi connectivity index (χ1) is 8.56. The number of carbonyl (C=O) groups is 2. The average Bonchev–Trinajstić information content (AvgIpc) is 2.35. The maximum atomic E-state index is 11.4. The lowest BCUT2D eigenvalue weighted by Gasteiger charge is -2.11. The van der Waals surface area contributed by atoms with E-state index in [-0.39, 0.29) is 18.6 Å². The van der Waals surface area contributed by atoms with Crippen LogP contribution in [0.3, 0.4) is 0 Å². The summed E-state index contributed by atoms with van der Waals surface area (Å²) >= 11 is 0. The molecular formula is C13H17NO4. The van der Waals surface area contributed by atoms with Gasteiger partial charge in [0.15, 0.2) is 12.9 Å². The molecule has 1 N–H and O–H groups in total. The van der Waals surface area contributed by atoms with Gasteiger partial charge in [-0.1, -0.05) is 0 Å². The second-order valence-corrected chi connectivity index (χ2v) is 4.03. The fraction of sp³-hybridized carbons (Fsp3) is 0.385. The summed E-state index contributed by atoms with van der Waals surface area (Å²) < 4.78 is 10.3. The molecule has 5 nitrogen and oxygen atoms in total. The number of rotatable bonds is 6. The SMILES string of the molecule is COc1ccc(C=O)c(OCC(=O)NC(C)C)c1. The average molecular weight is 251 g/mol. The van der Waals surface area contributed by atoms with Crippen LogP contribution < -0.4 is 14.8 Å². The van der Waals surface area contributed by atoms with E-state index in [1.54, 1.807) is 18.2 Å². The number of amides is 1. The van der Waals surface area contributed by atoms with Gasteiger partial charge in [0.2, 0.25) is 0 Å². The second kappa shape index (κ2) is 6.64. The van der Waals surface area contributed by atoms with Crippen LogP contribution in [0.15, 0.2) is 18.2 Å². The van der Waals surface area contributed by atoms with Crippen LogP contribution in [0.2, 0.25) is 0 Å². The topological polar surface area (TPSA) is 64.6 Å². The molecule has 1 rings (SSSR count). The van der Waals surface area contributed by atoms with Crippen LogP contribution in [0.4, 0.5) is 0 Å². The molecule has 0 bridgehead atoms. The minimum Gasteiger partial charge on any atom is -0.497 e. The minimum absolute atomic E-state index is 0.0527. The lowest BCUT2D eigenvalue weighted by atomic mass is 10.2. The zero-order valence-electron chi connectivity index (χ0n) is 10.7. The molecule has 0 aliphatic rings. The van der Waals surface area contributed by atoms with Crippen LogP contribution in [0.25, 0.3) is 0 Å². The molecule has 0 aliphatic carbocycles. The van der Waals surface area contributed by atoms with E-state index in [4.69, 9.17) is 9.47 Å². The van der Waals surface area contributed by atoms with Crippen molar-refractivity contribution in [3.05, 3.63) is 23.8 Å². The van der Waals surface area contributed by atoms with Crippen LogP contribution in [0, 0.1) is 0 Å². The Morgan fingerprint density at radius 2 is 2.17 bits per heavy atom. The number of carbonyl (C=O) groups excluding carboxylic acids is 2. The largest absolute Gasteiger partial charge is 0.497 e. The Bertz CT molecular complexity index is 429. The molecule has 18 heavy (non-hydrogen) atoms. The van der Waals surface area contributed by atoms with E-state index in [0.717, 1.165) is 0 Å². The van der Waals surface area contributed by atoms with E-state index in [1.165, 1.54) is 7.11 Å². The van der Waals surface area contributed by atoms with Gasteiger partial charge in [-0.3, -0.25) is 9.59 Å². The fourth-order valence-corrected chi connectivity index (χ4v) is 1.37. The summed E-state index contributed by atoms with van der Waals surface area (Å²) in [5.74, 6) is 0.674. The molecule has 0 unspecified atom stereocenters. The highest BCUT2D eigenvalue weighted by Crippen LogP contribution is 2.23. The summed E-state index contributed by atoms with van der Waals surface area (Å²) in [4.78, 5) is 22.3. The van der Waals surface area contributed by atoms with Gasteiger partial charge in [0.1, 0.15) is 11.5 Å². The molecule has 0 spiro atoms. The smallest absolute Gasteiger partial charge is 0.258 e. The van der Waals surface area contributed by atoms with E-state index in [9.17, 15) is 9.59 Å². The first kappa shape index (κ1) is 14.0. The van der Waals surface area contributed by atoms with Gasteiger partial charge in [-0.15, -0.1) is 0 Å². The second-order valence-electron chi connectivity index (χ2n) is 4.03. The van der Waals surface area contributed by atoms with Crippen molar-refractivity contribution in [2.45, 2.75) is 19.9 Å². The summed E-state index contributed by atoms with van der Waals surface area (Å²) in [6.45, 7) is 3.59. The number of nitrogens with one attached hydrogen (secondary N) is 1. The van der Waals surface area contributed by atoms with Crippen LogP contribution in [-0.2, 0) is 4.79 Å². The first-order valence-electron chi connectivity index (χ1n) is 5.62. The molecule has 0 fully saturated rings. The Morgan fingerprint density at radius 1 is 1.44 bits per heavy atom. The van der Waals surface area contributed by atoms with Crippen molar-refractivity contribution in [2.24, 2.45) is 0 Å². The van der Waals surface area contributed by atoms with Gasteiger partial charge in [0, 0.05) is 12.1 Å². The molecule has 0 saturated carbocycles. The van der Waals surface area contributed by atoms with E-state index in [2.05, 4.69) is 5.32 Å². The van der Waals surface area contributed by atoms with Gasteiger partial charge in [-0.25, -0.2) is 0 Å². The monoisotopic (exact) mass is 251 g/mol. The van der Waals surface area contributed by atoms with E-state index >= 15 is 0 Å². The lowest BCUT2D eigenvalue weighted by Crippen LogP contribution is -2.34. The Kier molecular flexibility index (Phi) is 5.17. The van der Waals surface area contributed by atoms with Crippen LogP contribution in [-0.4, -0.2) is 32.0 Å². The highest BCUT2D eigenvalue weighted by atomic mass is 16.5. The predicted molar refractivity (Wildman–Crippen MR) is 67.2 cm³/mol. The molecule has 0 atom stereocenters. The third-order valence-corrected chi connectivity index (χ3v) is 2.16. The molecule has 0 saturated heterocycles. The number of aldehydes is 1. The highest BCUT2D eigenvalue weighted by molar-refractivity contribution is 5.81. The van der Waals surface area contributed by atoms with E-state index in [1.807, 2.05) is 13.8 Å². The molecule has 1 aromatic carbocycles. The van der Waals surface area contributed by atoms with Gasteiger partial charge < -0.3 is 14.8 Å². The van der Waals surface area contributed by atoms with Crippen molar-refractivity contribution in [3.8, 4) is 11.5 Å². The molecule has 0 radical (unpaired) electrons. The number of hydrogen-bond acceptors (Lipinski definition) is 4. The molecule has 98 valence electrons. The molecular weight excluding hydrogens is 234 g/mol. The summed E-state index contributed by atoms with van der Waals surface area (Å²) in [6.07, 6.45) is 0.676. The van der Waals surface area contributed by atoms with Crippen molar-refractivity contribution in [3.63, 3.8) is 0 Å². The molecule has 5 heteroatoms. The first-order valence-corrected chi connectivity index (χ1v) is 5.62. The molecule has 1 amide bonds. The van der Waals surface area contributed by atoms with E-state index in [0.29, 0.717) is 23.3 Å². The lowest BCUT2D eigenvalue weighted by molar-refractivity contribution is -0.123. The maximum absolute atomic E-state index is 11.4. The third kappa shape index (κ3) is 4.08. The summed E-state index contributed by atoms with van der Waals surface area (Å²) in [6, 6.07) is 4.87. The molecule has 0 aromatic heterocycles. The zero-order chi connectivity index (χ0) is 13.5. The van der Waals surface area contributed by atoms with Crippen molar-refractivity contribution < 1.29 is 19.1 Å². The number of hydrogen-bond donors (Lipinski definition) is 1. The Balaban J connectivity index is 2.70. The van der Waals surface area contributed by atoms with Gasteiger partial charge >= 0.3 is 0 Å². The molecule has 0 aliphatic heterocycles. The number of methoxy groups -OCH3 is 1. The van der Waals surface area contributed by atoms with Crippen LogP contribution >= 0.6 is 0 Å². The molecule has 0 heterocycles. The quantitative estimate of drug-likeness (QED) is 0.776. The van der Waals surface area contributed by atoms with Crippen molar-refractivity contribution in [1.29, 1.82) is 0 Å². The predicted octanol–water partition coefficient (Wildman–Crippen LogP) is 1.41. The Labute approximate surface area is 106 Å². The van der Waals surface area contributed by atoms with Gasteiger partial charge in [-0.2, -0.15) is 0 Å². The highest BCUT2D eigenvalue weighted by Gasteiger charge is 2.08. The van der Waals surface area contributed by atoms with Gasteiger partial charge in [-0.05, 0) is 26.0 Å². The number of benzene rings is 1. The van der Waals surface area contributed by atoms with Gasteiger partial charge in [0.25, 0.3) is 5.91 Å². The van der Waals surface area contributed by atoms with E-state index < -0.39 is 0 Å². The zero-order valence-corrected chi connectivity index (χ0v) is 10.7. The van der Waals surface area contributed by atoms with Gasteiger partial charge in [0.05, 0.1) is 12.7 Å². The van der Waals surface area contributed by atoms with Crippen molar-refractivity contribution >= 4 is 12.2 Å². The summed E-state index contributed by atoms with van der Waals surface area (Å²) in [7, 11) is 1.52. The minimum atomic E-state index is -0.232. The maximum Gasteiger partial charge on any atom is 0.258 e. The van der Waals surface area contributed by atoms with Crippen LogP contribution in [0.1, 0.15) is 24.2 Å².